The maximum Gasteiger partial charge on any atom is 0.101 e. The Kier molecular flexibility index (Phi) is 5.19. The molecule has 0 aromatic heterocycles. The summed E-state index contributed by atoms with van der Waals surface area (Å²) in [4.78, 5) is 2.41. The van der Waals surface area contributed by atoms with Gasteiger partial charge >= 0.3 is 0 Å². The SMILES string of the molecule is CN/C(C)=C(\C#N)C1=C(C)CCN(Cc2ccccc2)C1. The summed E-state index contributed by atoms with van der Waals surface area (Å²) in [6.07, 6.45) is 1.03. The number of hydrogen-bond acceptors (Lipinski definition) is 3. The number of nitrogens with zero attached hydrogens (tertiary/aromatic N) is 2. The highest BCUT2D eigenvalue weighted by Crippen LogP contribution is 2.25. The minimum Gasteiger partial charge on any atom is -0.391 e. The van der Waals surface area contributed by atoms with Gasteiger partial charge in [-0.2, -0.15) is 5.26 Å². The van der Waals surface area contributed by atoms with Gasteiger partial charge in [-0.3, -0.25) is 4.90 Å². The summed E-state index contributed by atoms with van der Waals surface area (Å²) in [5, 5.41) is 12.6. The molecular formula is C18H23N3. The van der Waals surface area contributed by atoms with E-state index in [0.29, 0.717) is 0 Å². The molecule has 0 amide bonds. The molecule has 3 heteroatoms. The molecule has 1 aliphatic heterocycles. The third-order valence-electron chi connectivity index (χ3n) is 4.11. The summed E-state index contributed by atoms with van der Waals surface area (Å²) in [5.74, 6) is 0. The zero-order valence-corrected chi connectivity index (χ0v) is 13.1. The Morgan fingerprint density at radius 1 is 1.33 bits per heavy atom. The molecule has 21 heavy (non-hydrogen) atoms. The lowest BCUT2D eigenvalue weighted by Crippen LogP contribution is -2.32. The predicted octanol–water partition coefficient (Wildman–Crippen LogP) is 3.23. The molecule has 0 aliphatic carbocycles. The van der Waals surface area contributed by atoms with Gasteiger partial charge in [0.1, 0.15) is 6.07 Å². The highest BCUT2D eigenvalue weighted by atomic mass is 15.1. The van der Waals surface area contributed by atoms with Crippen LogP contribution in [0.4, 0.5) is 0 Å². The molecule has 0 atom stereocenters. The quantitative estimate of drug-likeness (QED) is 0.861. The van der Waals surface area contributed by atoms with Crippen molar-refractivity contribution >= 4 is 0 Å². The van der Waals surface area contributed by atoms with Crippen LogP contribution in [0.1, 0.15) is 25.8 Å². The van der Waals surface area contributed by atoms with Crippen LogP contribution < -0.4 is 5.32 Å². The van der Waals surface area contributed by atoms with Gasteiger partial charge in [0.2, 0.25) is 0 Å². The first-order chi connectivity index (χ1) is 10.2. The molecule has 0 fully saturated rings. The van der Waals surface area contributed by atoms with Crippen LogP contribution in [0, 0.1) is 11.3 Å². The van der Waals surface area contributed by atoms with Gasteiger partial charge in [-0.05, 0) is 31.4 Å². The number of allylic oxidation sites excluding steroid dienone is 1. The monoisotopic (exact) mass is 281 g/mol. The highest BCUT2D eigenvalue weighted by molar-refractivity contribution is 5.48. The molecule has 0 radical (unpaired) electrons. The van der Waals surface area contributed by atoms with Gasteiger partial charge in [-0.25, -0.2) is 0 Å². The summed E-state index contributed by atoms with van der Waals surface area (Å²) >= 11 is 0. The number of nitriles is 1. The third-order valence-corrected chi connectivity index (χ3v) is 4.11. The fourth-order valence-electron chi connectivity index (χ4n) is 2.69. The molecule has 1 N–H and O–H groups in total. The molecule has 3 nitrogen and oxygen atoms in total. The first kappa shape index (κ1) is 15.3. The van der Waals surface area contributed by atoms with Crippen LogP contribution in [0.2, 0.25) is 0 Å². The minimum absolute atomic E-state index is 0.799. The molecular weight excluding hydrogens is 258 g/mol. The van der Waals surface area contributed by atoms with Crippen molar-refractivity contribution in [3.05, 3.63) is 58.3 Å². The summed E-state index contributed by atoms with van der Waals surface area (Å²) in [7, 11) is 1.87. The molecule has 0 bridgehead atoms. The first-order valence-electron chi connectivity index (χ1n) is 7.39. The molecule has 0 unspecified atom stereocenters. The lowest BCUT2D eigenvalue weighted by atomic mass is 9.94. The van der Waals surface area contributed by atoms with Gasteiger partial charge in [0, 0.05) is 32.4 Å². The normalized spacial score (nSPS) is 17.2. The van der Waals surface area contributed by atoms with Gasteiger partial charge in [0.05, 0.1) is 5.57 Å². The number of hydrogen-bond donors (Lipinski definition) is 1. The van der Waals surface area contributed by atoms with E-state index in [0.717, 1.165) is 37.3 Å². The van der Waals surface area contributed by atoms with Crippen molar-refractivity contribution in [2.75, 3.05) is 20.1 Å². The zero-order valence-electron chi connectivity index (χ0n) is 13.1. The van der Waals surface area contributed by atoms with Crippen molar-refractivity contribution in [3.8, 4) is 6.07 Å². The van der Waals surface area contributed by atoms with E-state index < -0.39 is 0 Å². The van der Waals surface area contributed by atoms with Crippen molar-refractivity contribution in [1.82, 2.24) is 10.2 Å². The Bertz CT molecular complexity index is 591. The maximum atomic E-state index is 9.47. The topological polar surface area (TPSA) is 39.1 Å². The predicted molar refractivity (Wildman–Crippen MR) is 86.4 cm³/mol. The molecule has 1 aromatic rings. The summed E-state index contributed by atoms with van der Waals surface area (Å²) in [6, 6.07) is 12.9. The lowest BCUT2D eigenvalue weighted by Gasteiger charge is -2.30. The third kappa shape index (κ3) is 3.74. The molecule has 2 rings (SSSR count). The van der Waals surface area contributed by atoms with Crippen LogP contribution in [0.5, 0.6) is 0 Å². The minimum atomic E-state index is 0.799. The average Bonchev–Trinajstić information content (AvgIpc) is 2.51. The smallest absolute Gasteiger partial charge is 0.101 e. The molecule has 1 heterocycles. The molecule has 0 saturated heterocycles. The van der Waals surface area contributed by atoms with Gasteiger partial charge < -0.3 is 5.32 Å². The number of benzene rings is 1. The van der Waals surface area contributed by atoms with Crippen LogP contribution in [0.3, 0.4) is 0 Å². The van der Waals surface area contributed by atoms with Crippen molar-refractivity contribution in [3.63, 3.8) is 0 Å². The van der Waals surface area contributed by atoms with Crippen LogP contribution in [-0.4, -0.2) is 25.0 Å². The molecule has 1 aromatic carbocycles. The fraction of sp³-hybridized carbons (Fsp3) is 0.389. The molecule has 0 spiro atoms. The van der Waals surface area contributed by atoms with Crippen molar-refractivity contribution < 1.29 is 0 Å². The van der Waals surface area contributed by atoms with Crippen LogP contribution >= 0.6 is 0 Å². The second-order valence-corrected chi connectivity index (χ2v) is 5.57. The molecule has 1 aliphatic rings. The Labute approximate surface area is 127 Å². The summed E-state index contributed by atoms with van der Waals surface area (Å²) < 4.78 is 0. The first-order valence-corrected chi connectivity index (χ1v) is 7.39. The van der Waals surface area contributed by atoms with Gasteiger partial charge in [-0.1, -0.05) is 35.9 Å². The standard InChI is InChI=1S/C18H23N3/c1-14-9-10-21(12-16-7-5-4-6-8-16)13-18(14)17(11-19)15(2)20-3/h4-8,20H,9-10,12-13H2,1-3H3/b17-15+. The fourth-order valence-corrected chi connectivity index (χ4v) is 2.69. The Hall–Kier alpha value is -2.05. The van der Waals surface area contributed by atoms with Gasteiger partial charge in [0.25, 0.3) is 0 Å². The van der Waals surface area contributed by atoms with E-state index in [9.17, 15) is 5.26 Å². The Morgan fingerprint density at radius 2 is 2.05 bits per heavy atom. The van der Waals surface area contributed by atoms with Gasteiger partial charge in [0.15, 0.2) is 0 Å². The zero-order chi connectivity index (χ0) is 15.2. The van der Waals surface area contributed by atoms with E-state index in [1.165, 1.54) is 16.7 Å². The number of nitrogens with one attached hydrogen (secondary N) is 1. The van der Waals surface area contributed by atoms with E-state index in [1.807, 2.05) is 20.0 Å². The van der Waals surface area contributed by atoms with Crippen molar-refractivity contribution in [2.24, 2.45) is 0 Å². The van der Waals surface area contributed by atoms with E-state index in [1.54, 1.807) is 0 Å². The van der Waals surface area contributed by atoms with E-state index in [-0.39, 0.29) is 0 Å². The lowest BCUT2D eigenvalue weighted by molar-refractivity contribution is 0.279. The van der Waals surface area contributed by atoms with E-state index in [4.69, 9.17) is 0 Å². The van der Waals surface area contributed by atoms with Crippen LogP contribution in [-0.2, 0) is 6.54 Å². The second-order valence-electron chi connectivity index (χ2n) is 5.57. The van der Waals surface area contributed by atoms with Crippen LogP contribution in [0.25, 0.3) is 0 Å². The van der Waals surface area contributed by atoms with Crippen LogP contribution in [0.15, 0.2) is 52.7 Å². The largest absolute Gasteiger partial charge is 0.391 e. The van der Waals surface area contributed by atoms with Gasteiger partial charge in [-0.15, -0.1) is 0 Å². The summed E-state index contributed by atoms with van der Waals surface area (Å²) in [6.45, 7) is 6.96. The van der Waals surface area contributed by atoms with Crippen molar-refractivity contribution in [2.45, 2.75) is 26.8 Å². The average molecular weight is 281 g/mol. The highest BCUT2D eigenvalue weighted by Gasteiger charge is 2.20. The molecule has 0 saturated carbocycles. The Morgan fingerprint density at radius 3 is 2.67 bits per heavy atom. The van der Waals surface area contributed by atoms with E-state index >= 15 is 0 Å². The van der Waals surface area contributed by atoms with E-state index in [2.05, 4.69) is 47.5 Å². The maximum absolute atomic E-state index is 9.47. The molecule has 110 valence electrons. The van der Waals surface area contributed by atoms with Crippen molar-refractivity contribution in [1.29, 1.82) is 5.26 Å². The Balaban J connectivity index is 2.18. The second kappa shape index (κ2) is 7.10. The summed E-state index contributed by atoms with van der Waals surface area (Å²) in [5.41, 5.74) is 5.60. The number of rotatable bonds is 4.